The number of carboxylic acids is 1. The number of nitrogens with zero attached hydrogens (tertiary/aromatic N) is 1. The average molecular weight is 242 g/mol. The molecule has 0 atom stereocenters. The number of hydrogen-bond donors (Lipinski definition) is 1. The molecule has 76 valence electrons. The molecule has 1 aromatic carbocycles. The molecule has 0 radical (unpaired) electrons. The van der Waals surface area contributed by atoms with Gasteiger partial charge in [-0.3, -0.25) is 4.79 Å². The average Bonchev–Trinajstić information content (AvgIpc) is 2.61. The fourth-order valence-electron chi connectivity index (χ4n) is 1.10. The van der Waals surface area contributed by atoms with Crippen LogP contribution < -0.4 is 0 Å². The Bertz CT molecular complexity index is 563. The number of halogens is 1. The molecule has 0 saturated heterocycles. The number of aromatic nitrogens is 1. The van der Waals surface area contributed by atoms with Crippen molar-refractivity contribution in [1.29, 1.82) is 0 Å². The topological polar surface area (TPSA) is 67.3 Å². The van der Waals surface area contributed by atoms with Gasteiger partial charge < -0.3 is 5.11 Å². The Morgan fingerprint density at radius 3 is 2.73 bits per heavy atom. The predicted molar refractivity (Wildman–Crippen MR) is 56.6 cm³/mol. The van der Waals surface area contributed by atoms with Gasteiger partial charge in [-0.15, -0.1) is 11.3 Å². The van der Waals surface area contributed by atoms with E-state index in [1.165, 1.54) is 0 Å². The monoisotopic (exact) mass is 241 g/mol. The van der Waals surface area contributed by atoms with E-state index in [2.05, 4.69) is 4.98 Å². The molecule has 0 fully saturated rings. The van der Waals surface area contributed by atoms with E-state index in [0.29, 0.717) is 15.2 Å². The Balaban J connectivity index is 2.62. The number of thiazole rings is 1. The van der Waals surface area contributed by atoms with Crippen molar-refractivity contribution in [3.8, 4) is 0 Å². The van der Waals surface area contributed by atoms with Crippen molar-refractivity contribution in [2.24, 2.45) is 0 Å². The van der Waals surface area contributed by atoms with Crippen molar-refractivity contribution in [2.45, 2.75) is 0 Å². The second-order valence-corrected chi connectivity index (χ2v) is 4.18. The summed E-state index contributed by atoms with van der Waals surface area (Å²) in [5.74, 6) is -2.52. The molecule has 0 aliphatic heterocycles. The highest BCUT2D eigenvalue weighted by Gasteiger charge is 2.19. The molecule has 0 spiro atoms. The molecule has 0 saturated carbocycles. The standard InChI is InChI=1S/C9H4ClNO3S/c10-4-2-1-3-5-6(4)11-8(15-5)7(12)9(13)14/h1-3H,(H,13,14). The lowest BCUT2D eigenvalue weighted by molar-refractivity contribution is -0.131. The molecule has 15 heavy (non-hydrogen) atoms. The van der Waals surface area contributed by atoms with Crippen molar-refractivity contribution in [3.63, 3.8) is 0 Å². The summed E-state index contributed by atoms with van der Waals surface area (Å²) >= 11 is 6.86. The van der Waals surface area contributed by atoms with E-state index in [0.717, 1.165) is 11.3 Å². The highest BCUT2D eigenvalue weighted by atomic mass is 35.5. The Morgan fingerprint density at radius 2 is 2.13 bits per heavy atom. The molecule has 0 aliphatic rings. The summed E-state index contributed by atoms with van der Waals surface area (Å²) in [5.41, 5.74) is 0.466. The van der Waals surface area contributed by atoms with Crippen LogP contribution in [0, 0.1) is 0 Å². The van der Waals surface area contributed by atoms with E-state index in [-0.39, 0.29) is 5.01 Å². The molecule has 1 N–H and O–H groups in total. The molecule has 0 unspecified atom stereocenters. The van der Waals surface area contributed by atoms with Gasteiger partial charge in [0.15, 0.2) is 5.01 Å². The second kappa shape index (κ2) is 3.60. The van der Waals surface area contributed by atoms with Crippen molar-refractivity contribution in [1.82, 2.24) is 4.98 Å². The number of rotatable bonds is 2. The smallest absolute Gasteiger partial charge is 0.379 e. The lowest BCUT2D eigenvalue weighted by Crippen LogP contribution is -2.11. The number of carbonyl (C=O) groups is 2. The van der Waals surface area contributed by atoms with Gasteiger partial charge in [-0.25, -0.2) is 9.78 Å². The second-order valence-electron chi connectivity index (χ2n) is 2.74. The fourth-order valence-corrected chi connectivity index (χ4v) is 2.30. The minimum absolute atomic E-state index is 0.0504. The molecule has 6 heteroatoms. The normalized spacial score (nSPS) is 10.5. The van der Waals surface area contributed by atoms with Gasteiger partial charge in [-0.1, -0.05) is 17.7 Å². The summed E-state index contributed by atoms with van der Waals surface area (Å²) in [7, 11) is 0. The third kappa shape index (κ3) is 1.71. The minimum Gasteiger partial charge on any atom is -0.475 e. The number of benzene rings is 1. The number of ketones is 1. The van der Waals surface area contributed by atoms with E-state index >= 15 is 0 Å². The van der Waals surface area contributed by atoms with Crippen LogP contribution in [-0.2, 0) is 4.79 Å². The molecule has 0 aliphatic carbocycles. The first-order chi connectivity index (χ1) is 7.09. The number of hydrogen-bond acceptors (Lipinski definition) is 4. The molecule has 0 bridgehead atoms. The van der Waals surface area contributed by atoms with Gasteiger partial charge in [0.05, 0.1) is 9.72 Å². The van der Waals surface area contributed by atoms with Gasteiger partial charge in [0, 0.05) is 0 Å². The number of fused-ring (bicyclic) bond motifs is 1. The lowest BCUT2D eigenvalue weighted by Gasteiger charge is -1.88. The van der Waals surface area contributed by atoms with Gasteiger partial charge in [0.1, 0.15) is 5.52 Å². The summed E-state index contributed by atoms with van der Waals surface area (Å²) in [5, 5.41) is 8.87. The zero-order valence-corrected chi connectivity index (χ0v) is 8.80. The van der Waals surface area contributed by atoms with Crippen LogP contribution in [0.25, 0.3) is 10.2 Å². The molecule has 4 nitrogen and oxygen atoms in total. The summed E-state index contributed by atoms with van der Waals surface area (Å²) in [6, 6.07) is 5.09. The minimum atomic E-state index is -1.51. The number of carboxylic acid groups (broad SMARTS) is 1. The first-order valence-electron chi connectivity index (χ1n) is 3.92. The molecular weight excluding hydrogens is 238 g/mol. The van der Waals surface area contributed by atoms with Crippen LogP contribution >= 0.6 is 22.9 Å². The SMILES string of the molecule is O=C(O)C(=O)c1nc2c(Cl)cccc2s1. The number of Topliss-reactive ketones (excluding diaryl/α,β-unsaturated/α-hetero) is 1. The Hall–Kier alpha value is -1.46. The maximum Gasteiger partial charge on any atom is 0.379 e. The Labute approximate surface area is 93.1 Å². The van der Waals surface area contributed by atoms with Crippen LogP contribution in [0.15, 0.2) is 18.2 Å². The van der Waals surface area contributed by atoms with Gasteiger partial charge in [0.25, 0.3) is 5.78 Å². The van der Waals surface area contributed by atoms with Crippen molar-refractivity contribution in [2.75, 3.05) is 0 Å². The van der Waals surface area contributed by atoms with Crippen LogP contribution in [0.4, 0.5) is 0 Å². The van der Waals surface area contributed by atoms with E-state index in [1.54, 1.807) is 18.2 Å². The Kier molecular flexibility index (Phi) is 2.42. The molecule has 1 aromatic heterocycles. The molecule has 0 amide bonds. The first-order valence-corrected chi connectivity index (χ1v) is 5.11. The van der Waals surface area contributed by atoms with E-state index in [4.69, 9.17) is 16.7 Å². The maximum atomic E-state index is 11.1. The van der Waals surface area contributed by atoms with Crippen molar-refractivity contribution < 1.29 is 14.7 Å². The van der Waals surface area contributed by atoms with E-state index in [9.17, 15) is 9.59 Å². The summed E-state index contributed by atoms with van der Waals surface area (Å²) < 4.78 is 0.701. The zero-order chi connectivity index (χ0) is 11.0. The van der Waals surface area contributed by atoms with Crippen LogP contribution in [0.5, 0.6) is 0 Å². The summed E-state index contributed by atoms with van der Waals surface area (Å²) in [4.78, 5) is 25.5. The van der Waals surface area contributed by atoms with Crippen LogP contribution in [0.2, 0.25) is 5.02 Å². The lowest BCUT2D eigenvalue weighted by atomic mass is 10.3. The summed E-state index contributed by atoms with van der Waals surface area (Å²) in [6.07, 6.45) is 0. The van der Waals surface area contributed by atoms with Crippen LogP contribution in [0.1, 0.15) is 9.80 Å². The fraction of sp³-hybridized carbons (Fsp3) is 0. The molecule has 1 heterocycles. The van der Waals surface area contributed by atoms with Gasteiger partial charge >= 0.3 is 5.97 Å². The first kappa shape index (κ1) is 10.1. The van der Waals surface area contributed by atoms with Crippen LogP contribution in [-0.4, -0.2) is 21.8 Å². The summed E-state index contributed by atoms with van der Waals surface area (Å²) in [6.45, 7) is 0. The number of carbonyl (C=O) groups excluding carboxylic acids is 1. The third-order valence-corrected chi connectivity index (χ3v) is 3.08. The largest absolute Gasteiger partial charge is 0.475 e. The molecule has 2 aromatic rings. The van der Waals surface area contributed by atoms with E-state index < -0.39 is 11.8 Å². The third-order valence-electron chi connectivity index (χ3n) is 1.76. The Morgan fingerprint density at radius 1 is 1.40 bits per heavy atom. The highest BCUT2D eigenvalue weighted by Crippen LogP contribution is 2.27. The highest BCUT2D eigenvalue weighted by molar-refractivity contribution is 7.21. The maximum absolute atomic E-state index is 11.1. The van der Waals surface area contributed by atoms with E-state index in [1.807, 2.05) is 0 Å². The predicted octanol–water partition coefficient (Wildman–Crippen LogP) is 2.22. The van der Waals surface area contributed by atoms with Crippen LogP contribution in [0.3, 0.4) is 0 Å². The molecular formula is C9H4ClNO3S. The zero-order valence-electron chi connectivity index (χ0n) is 7.23. The van der Waals surface area contributed by atoms with Crippen molar-refractivity contribution >= 4 is 44.9 Å². The van der Waals surface area contributed by atoms with Gasteiger partial charge in [-0.05, 0) is 12.1 Å². The number of para-hydroxylation sites is 1. The van der Waals surface area contributed by atoms with Crippen molar-refractivity contribution in [3.05, 3.63) is 28.2 Å². The number of aliphatic carboxylic acids is 1. The quantitative estimate of drug-likeness (QED) is 0.647. The van der Waals surface area contributed by atoms with Gasteiger partial charge in [-0.2, -0.15) is 0 Å². The molecule has 2 rings (SSSR count). The van der Waals surface area contributed by atoms with Gasteiger partial charge in [0.2, 0.25) is 0 Å².